The molecule has 3 heteroatoms. The van der Waals surface area contributed by atoms with Crippen molar-refractivity contribution in [3.8, 4) is 5.75 Å². The topological polar surface area (TPSA) is 52.3 Å². The molecule has 0 radical (unpaired) electrons. The molecule has 0 heterocycles. The number of nitrogens with two attached hydrogens (primary N) is 1. The van der Waals surface area contributed by atoms with Crippen LogP contribution >= 0.6 is 0 Å². The van der Waals surface area contributed by atoms with E-state index in [2.05, 4.69) is 0 Å². The zero-order valence-corrected chi connectivity index (χ0v) is 10.9. The molecule has 1 atom stereocenters. The van der Waals surface area contributed by atoms with Gasteiger partial charge in [-0.05, 0) is 30.7 Å². The number of rotatable bonds is 4. The summed E-state index contributed by atoms with van der Waals surface area (Å²) in [4.78, 5) is 11.5. The third kappa shape index (κ3) is 3.35. The maximum Gasteiger partial charge on any atom is 0.245 e. The average Bonchev–Trinajstić information content (AvgIpc) is 2.62. The number of para-hydroxylation sites is 1. The Hall–Kier alpha value is -2.29. The van der Waals surface area contributed by atoms with Crippen molar-refractivity contribution in [2.75, 3.05) is 0 Å². The molecule has 1 aliphatic rings. The average molecular weight is 255 g/mol. The van der Waals surface area contributed by atoms with Gasteiger partial charge < -0.3 is 10.5 Å². The first kappa shape index (κ1) is 13.1. The van der Waals surface area contributed by atoms with Crippen LogP contribution in [0.5, 0.6) is 5.75 Å². The van der Waals surface area contributed by atoms with E-state index in [-0.39, 0.29) is 5.92 Å². The fourth-order valence-electron chi connectivity index (χ4n) is 1.99. The highest BCUT2D eigenvalue weighted by Crippen LogP contribution is 2.23. The molecule has 0 saturated carbocycles. The summed E-state index contributed by atoms with van der Waals surface area (Å²) in [6.45, 7) is 2.02. The molecule has 0 fully saturated rings. The van der Waals surface area contributed by atoms with E-state index in [4.69, 9.17) is 10.5 Å². The van der Waals surface area contributed by atoms with Gasteiger partial charge in [-0.1, -0.05) is 37.3 Å². The van der Waals surface area contributed by atoms with E-state index in [1.807, 2.05) is 55.5 Å². The summed E-state index contributed by atoms with van der Waals surface area (Å²) in [5.41, 5.74) is 6.02. The number of carbonyl (C=O) groups is 1. The van der Waals surface area contributed by atoms with E-state index in [1.54, 1.807) is 6.08 Å². The molecule has 1 unspecified atom stereocenters. The van der Waals surface area contributed by atoms with E-state index >= 15 is 0 Å². The Bertz CT molecular complexity index is 541. The normalized spacial score (nSPS) is 18.3. The number of hydrogen-bond acceptors (Lipinski definition) is 2. The van der Waals surface area contributed by atoms with Crippen LogP contribution in [0.15, 0.2) is 66.0 Å². The summed E-state index contributed by atoms with van der Waals surface area (Å²) < 4.78 is 5.73. The maximum atomic E-state index is 11.5. The Labute approximate surface area is 113 Å². The lowest BCUT2D eigenvalue weighted by Gasteiger charge is -2.11. The number of carbonyl (C=O) groups excluding carboxylic acids is 1. The molecular formula is C16H17NO2. The number of primary amides is 1. The van der Waals surface area contributed by atoms with Crippen LogP contribution in [-0.2, 0) is 4.79 Å². The smallest absolute Gasteiger partial charge is 0.245 e. The van der Waals surface area contributed by atoms with Crippen LogP contribution in [-0.4, -0.2) is 5.91 Å². The van der Waals surface area contributed by atoms with Crippen LogP contribution < -0.4 is 10.5 Å². The number of ether oxygens (including phenoxy) is 1. The molecule has 1 aliphatic carbocycles. The van der Waals surface area contributed by atoms with E-state index in [0.29, 0.717) is 11.3 Å². The molecule has 1 aromatic rings. The minimum atomic E-state index is -0.402. The van der Waals surface area contributed by atoms with Crippen LogP contribution in [0, 0.1) is 5.92 Å². The second-order valence-corrected chi connectivity index (χ2v) is 4.35. The highest BCUT2D eigenvalue weighted by molar-refractivity contribution is 5.93. The van der Waals surface area contributed by atoms with Gasteiger partial charge in [-0.15, -0.1) is 0 Å². The second kappa shape index (κ2) is 6.05. The SMILES string of the molecule is CCC1C=CC=C(Oc2ccccc2)C=C1C(N)=O. The van der Waals surface area contributed by atoms with Gasteiger partial charge in [0, 0.05) is 11.5 Å². The number of hydrogen-bond donors (Lipinski definition) is 1. The van der Waals surface area contributed by atoms with Crippen molar-refractivity contribution >= 4 is 5.91 Å². The van der Waals surface area contributed by atoms with E-state index in [1.165, 1.54) is 0 Å². The van der Waals surface area contributed by atoms with Crippen molar-refractivity contribution in [2.45, 2.75) is 13.3 Å². The van der Waals surface area contributed by atoms with Crippen molar-refractivity contribution in [1.82, 2.24) is 0 Å². The van der Waals surface area contributed by atoms with Crippen molar-refractivity contribution < 1.29 is 9.53 Å². The molecule has 2 rings (SSSR count). The van der Waals surface area contributed by atoms with E-state index in [0.717, 1.165) is 12.2 Å². The lowest BCUT2D eigenvalue weighted by atomic mass is 9.95. The Balaban J connectivity index is 2.26. The molecule has 0 saturated heterocycles. The van der Waals surface area contributed by atoms with Gasteiger partial charge in [0.25, 0.3) is 0 Å². The third-order valence-corrected chi connectivity index (χ3v) is 3.00. The number of amides is 1. The zero-order valence-electron chi connectivity index (χ0n) is 10.9. The van der Waals surface area contributed by atoms with Gasteiger partial charge in [0.15, 0.2) is 0 Å². The van der Waals surface area contributed by atoms with Crippen LogP contribution in [0.25, 0.3) is 0 Å². The zero-order chi connectivity index (χ0) is 13.7. The quantitative estimate of drug-likeness (QED) is 0.899. The molecule has 0 spiro atoms. The van der Waals surface area contributed by atoms with Gasteiger partial charge in [0.2, 0.25) is 5.91 Å². The first-order chi connectivity index (χ1) is 9.20. The molecule has 0 bridgehead atoms. The Kier molecular flexibility index (Phi) is 4.18. The summed E-state index contributed by atoms with van der Waals surface area (Å²) in [5.74, 6) is 0.996. The largest absolute Gasteiger partial charge is 0.457 e. The predicted octanol–water partition coefficient (Wildman–Crippen LogP) is 2.96. The van der Waals surface area contributed by atoms with E-state index in [9.17, 15) is 4.79 Å². The third-order valence-electron chi connectivity index (χ3n) is 3.00. The van der Waals surface area contributed by atoms with Gasteiger partial charge in [-0.25, -0.2) is 0 Å². The standard InChI is InChI=1S/C16H17NO2/c1-2-12-7-6-10-14(11-15(12)16(17)18)19-13-8-4-3-5-9-13/h3-12H,2H2,1H3,(H2,17,18). The van der Waals surface area contributed by atoms with Crippen LogP contribution in [0.1, 0.15) is 13.3 Å². The summed E-state index contributed by atoms with van der Waals surface area (Å²) in [5, 5.41) is 0. The Morgan fingerprint density at radius 3 is 2.68 bits per heavy atom. The van der Waals surface area contributed by atoms with Crippen molar-refractivity contribution in [2.24, 2.45) is 11.7 Å². The first-order valence-corrected chi connectivity index (χ1v) is 6.33. The van der Waals surface area contributed by atoms with Crippen LogP contribution in [0.4, 0.5) is 0 Å². The van der Waals surface area contributed by atoms with Gasteiger partial charge in [0.1, 0.15) is 11.5 Å². The molecule has 98 valence electrons. The van der Waals surface area contributed by atoms with Crippen LogP contribution in [0.3, 0.4) is 0 Å². The fraction of sp³-hybridized carbons (Fsp3) is 0.188. The predicted molar refractivity (Wildman–Crippen MR) is 75.4 cm³/mol. The van der Waals surface area contributed by atoms with E-state index < -0.39 is 5.91 Å². The highest BCUT2D eigenvalue weighted by Gasteiger charge is 2.17. The lowest BCUT2D eigenvalue weighted by molar-refractivity contribution is -0.115. The molecule has 19 heavy (non-hydrogen) atoms. The molecule has 0 aliphatic heterocycles. The minimum absolute atomic E-state index is 0.0469. The van der Waals surface area contributed by atoms with Gasteiger partial charge in [0.05, 0.1) is 0 Å². The monoisotopic (exact) mass is 255 g/mol. The molecule has 0 aromatic heterocycles. The molecule has 1 aromatic carbocycles. The molecule has 1 amide bonds. The molecule has 2 N–H and O–H groups in total. The van der Waals surface area contributed by atoms with Crippen molar-refractivity contribution in [3.63, 3.8) is 0 Å². The second-order valence-electron chi connectivity index (χ2n) is 4.35. The Morgan fingerprint density at radius 2 is 2.05 bits per heavy atom. The lowest BCUT2D eigenvalue weighted by Crippen LogP contribution is -2.19. The summed E-state index contributed by atoms with van der Waals surface area (Å²) in [6.07, 6.45) is 8.27. The highest BCUT2D eigenvalue weighted by atomic mass is 16.5. The summed E-state index contributed by atoms with van der Waals surface area (Å²) in [6, 6.07) is 9.45. The number of benzene rings is 1. The number of allylic oxidation sites excluding steroid dienone is 4. The van der Waals surface area contributed by atoms with Crippen molar-refractivity contribution in [3.05, 3.63) is 66.0 Å². The Morgan fingerprint density at radius 1 is 1.32 bits per heavy atom. The van der Waals surface area contributed by atoms with Gasteiger partial charge in [-0.3, -0.25) is 4.79 Å². The molecular weight excluding hydrogens is 238 g/mol. The summed E-state index contributed by atoms with van der Waals surface area (Å²) >= 11 is 0. The first-order valence-electron chi connectivity index (χ1n) is 6.33. The van der Waals surface area contributed by atoms with Crippen molar-refractivity contribution in [1.29, 1.82) is 0 Å². The minimum Gasteiger partial charge on any atom is -0.457 e. The van der Waals surface area contributed by atoms with Gasteiger partial charge >= 0.3 is 0 Å². The maximum absolute atomic E-state index is 11.5. The van der Waals surface area contributed by atoms with Crippen LogP contribution in [0.2, 0.25) is 0 Å². The fourth-order valence-corrected chi connectivity index (χ4v) is 1.99. The van der Waals surface area contributed by atoms with Gasteiger partial charge in [-0.2, -0.15) is 0 Å². The summed E-state index contributed by atoms with van der Waals surface area (Å²) in [7, 11) is 0. The molecule has 3 nitrogen and oxygen atoms in total.